The molecule has 2 heterocycles. The Kier molecular flexibility index (Phi) is 6.43. The summed E-state index contributed by atoms with van der Waals surface area (Å²) in [5.41, 5.74) is 10.8. The number of piperazine rings is 1. The molecule has 2 aromatic rings. The minimum absolute atomic E-state index is 0.358. The molecule has 5 rings (SSSR count). The minimum atomic E-state index is -0.358. The Morgan fingerprint density at radius 1 is 0.971 bits per heavy atom. The van der Waals surface area contributed by atoms with Crippen molar-refractivity contribution >= 4 is 11.6 Å². The van der Waals surface area contributed by atoms with Crippen molar-refractivity contribution < 1.29 is 4.79 Å². The van der Waals surface area contributed by atoms with Gasteiger partial charge >= 0.3 is 0 Å². The van der Waals surface area contributed by atoms with E-state index in [0.29, 0.717) is 29.0 Å². The maximum atomic E-state index is 11.4. The predicted octanol–water partition coefficient (Wildman–Crippen LogP) is 4.65. The lowest BCUT2D eigenvalue weighted by atomic mass is 9.59. The van der Waals surface area contributed by atoms with E-state index in [9.17, 15) is 4.79 Å². The third-order valence-electron chi connectivity index (χ3n) is 8.75. The molecule has 2 saturated heterocycles. The molecule has 0 aromatic heterocycles. The summed E-state index contributed by atoms with van der Waals surface area (Å²) in [5, 5.41) is 0. The molecule has 1 atom stereocenters. The molecule has 0 radical (unpaired) electrons. The van der Waals surface area contributed by atoms with Crippen LogP contribution in [0.4, 0.5) is 5.69 Å². The quantitative estimate of drug-likeness (QED) is 0.706. The average molecular weight is 461 g/mol. The second-order valence-corrected chi connectivity index (χ2v) is 11.3. The zero-order valence-corrected chi connectivity index (χ0v) is 21.0. The lowest BCUT2D eigenvalue weighted by molar-refractivity contribution is -0.0584. The summed E-state index contributed by atoms with van der Waals surface area (Å²) in [6, 6.07) is 18.1. The number of carbonyl (C=O) groups excluding carboxylic acids is 1. The van der Waals surface area contributed by atoms with Gasteiger partial charge in [0.15, 0.2) is 0 Å². The monoisotopic (exact) mass is 460 g/mol. The van der Waals surface area contributed by atoms with Gasteiger partial charge in [0, 0.05) is 56.1 Å². The van der Waals surface area contributed by atoms with Gasteiger partial charge in [0.05, 0.1) is 0 Å². The first-order valence-electron chi connectivity index (χ1n) is 13.0. The number of anilines is 1. The van der Waals surface area contributed by atoms with Crippen molar-refractivity contribution in [2.24, 2.45) is 11.1 Å². The molecule has 3 aliphatic rings. The van der Waals surface area contributed by atoms with Gasteiger partial charge in [-0.15, -0.1) is 0 Å². The van der Waals surface area contributed by atoms with Gasteiger partial charge in [0.25, 0.3) is 0 Å². The number of primary amides is 1. The number of rotatable bonds is 5. The molecule has 0 bridgehead atoms. The highest BCUT2D eigenvalue weighted by molar-refractivity contribution is 5.93. The highest BCUT2D eigenvalue weighted by atomic mass is 16.1. The lowest BCUT2D eigenvalue weighted by Crippen LogP contribution is -2.59. The SMILES string of the molecule is CC(C)c1ccccc1C1CN(C)CCN1C1CC2(CCN(c3ccc(C(N)=O)cc3)CC2)C1. The molecule has 5 heteroatoms. The van der Waals surface area contributed by atoms with Crippen LogP contribution in [0.1, 0.15) is 73.0 Å². The van der Waals surface area contributed by atoms with E-state index in [1.165, 1.54) is 50.0 Å². The van der Waals surface area contributed by atoms with Crippen molar-refractivity contribution in [3.8, 4) is 0 Å². The number of carbonyl (C=O) groups is 1. The first-order valence-corrected chi connectivity index (χ1v) is 13.0. The van der Waals surface area contributed by atoms with Gasteiger partial charge in [-0.2, -0.15) is 0 Å². The molecule has 1 unspecified atom stereocenters. The van der Waals surface area contributed by atoms with Gasteiger partial charge in [-0.3, -0.25) is 9.69 Å². The number of piperidine rings is 1. The smallest absolute Gasteiger partial charge is 0.248 e. The van der Waals surface area contributed by atoms with E-state index in [1.54, 1.807) is 5.56 Å². The van der Waals surface area contributed by atoms with E-state index in [4.69, 9.17) is 5.73 Å². The Balaban J connectivity index is 1.24. The first-order chi connectivity index (χ1) is 16.3. The average Bonchev–Trinajstić information content (AvgIpc) is 2.83. The summed E-state index contributed by atoms with van der Waals surface area (Å²) in [4.78, 5) is 19.2. The molecular weight excluding hydrogens is 420 g/mol. The third kappa shape index (κ3) is 4.48. The van der Waals surface area contributed by atoms with Crippen LogP contribution >= 0.6 is 0 Å². The largest absolute Gasteiger partial charge is 0.371 e. The number of hydrogen-bond donors (Lipinski definition) is 1. The number of nitrogens with zero attached hydrogens (tertiary/aromatic N) is 3. The maximum Gasteiger partial charge on any atom is 0.248 e. The first kappa shape index (κ1) is 23.4. The Morgan fingerprint density at radius 3 is 2.29 bits per heavy atom. The second-order valence-electron chi connectivity index (χ2n) is 11.3. The highest BCUT2D eigenvalue weighted by Crippen LogP contribution is 2.53. The molecule has 34 heavy (non-hydrogen) atoms. The van der Waals surface area contributed by atoms with Crippen molar-refractivity contribution in [1.82, 2.24) is 9.80 Å². The van der Waals surface area contributed by atoms with E-state index in [1.807, 2.05) is 24.3 Å². The van der Waals surface area contributed by atoms with Gasteiger partial charge in [0.1, 0.15) is 0 Å². The van der Waals surface area contributed by atoms with Crippen molar-refractivity contribution in [2.75, 3.05) is 44.7 Å². The van der Waals surface area contributed by atoms with Crippen molar-refractivity contribution in [1.29, 1.82) is 0 Å². The van der Waals surface area contributed by atoms with E-state index in [-0.39, 0.29) is 5.91 Å². The van der Waals surface area contributed by atoms with Gasteiger partial charge < -0.3 is 15.5 Å². The van der Waals surface area contributed by atoms with Crippen LogP contribution in [-0.2, 0) is 0 Å². The van der Waals surface area contributed by atoms with Crippen LogP contribution in [0.15, 0.2) is 48.5 Å². The zero-order valence-electron chi connectivity index (χ0n) is 21.0. The fourth-order valence-corrected chi connectivity index (χ4v) is 6.65. The van der Waals surface area contributed by atoms with Crippen molar-refractivity contribution in [3.63, 3.8) is 0 Å². The molecule has 2 aromatic carbocycles. The summed E-state index contributed by atoms with van der Waals surface area (Å²) in [7, 11) is 2.27. The fourth-order valence-electron chi connectivity index (χ4n) is 6.65. The summed E-state index contributed by atoms with van der Waals surface area (Å²) < 4.78 is 0. The van der Waals surface area contributed by atoms with E-state index < -0.39 is 0 Å². The maximum absolute atomic E-state index is 11.4. The zero-order chi connectivity index (χ0) is 23.9. The van der Waals surface area contributed by atoms with Crippen molar-refractivity contribution in [2.45, 2.75) is 57.5 Å². The number of amides is 1. The molecule has 182 valence electrons. The summed E-state index contributed by atoms with van der Waals surface area (Å²) >= 11 is 0. The van der Waals surface area contributed by atoms with Crippen molar-refractivity contribution in [3.05, 3.63) is 65.2 Å². The molecule has 5 nitrogen and oxygen atoms in total. The van der Waals surface area contributed by atoms with Crippen LogP contribution < -0.4 is 10.6 Å². The molecular formula is C29H40N4O. The number of nitrogens with two attached hydrogens (primary N) is 1. The molecule has 1 aliphatic carbocycles. The fraction of sp³-hybridized carbons (Fsp3) is 0.552. The Bertz CT molecular complexity index is 1000. The molecule has 2 aliphatic heterocycles. The van der Waals surface area contributed by atoms with E-state index in [0.717, 1.165) is 19.6 Å². The topological polar surface area (TPSA) is 52.8 Å². The summed E-state index contributed by atoms with van der Waals surface area (Å²) in [6.07, 6.45) is 5.21. The highest BCUT2D eigenvalue weighted by Gasteiger charge is 2.49. The van der Waals surface area contributed by atoms with Crippen LogP contribution in [0.5, 0.6) is 0 Å². The number of benzene rings is 2. The number of hydrogen-bond acceptors (Lipinski definition) is 4. The molecule has 1 amide bonds. The summed E-state index contributed by atoms with van der Waals surface area (Å²) in [6.45, 7) is 10.3. The Hall–Kier alpha value is -2.37. The van der Waals surface area contributed by atoms with Gasteiger partial charge in [-0.25, -0.2) is 0 Å². The summed E-state index contributed by atoms with van der Waals surface area (Å²) in [5.74, 6) is 0.197. The molecule has 2 N–H and O–H groups in total. The predicted molar refractivity (Wildman–Crippen MR) is 139 cm³/mol. The Labute approximate surface area is 204 Å². The normalized spacial score (nSPS) is 23.9. The Morgan fingerprint density at radius 2 is 1.65 bits per heavy atom. The van der Waals surface area contributed by atoms with Gasteiger partial charge in [-0.05, 0) is 79.5 Å². The van der Waals surface area contributed by atoms with Gasteiger partial charge in [-0.1, -0.05) is 38.1 Å². The van der Waals surface area contributed by atoms with E-state index >= 15 is 0 Å². The minimum Gasteiger partial charge on any atom is -0.371 e. The van der Waals surface area contributed by atoms with Crippen LogP contribution in [0.3, 0.4) is 0 Å². The molecule has 1 spiro atoms. The van der Waals surface area contributed by atoms with Crippen LogP contribution in [0.25, 0.3) is 0 Å². The molecule has 3 fully saturated rings. The van der Waals surface area contributed by atoms with E-state index in [2.05, 4.69) is 59.9 Å². The van der Waals surface area contributed by atoms with Crippen LogP contribution in [0.2, 0.25) is 0 Å². The third-order valence-corrected chi connectivity index (χ3v) is 8.75. The molecule has 1 saturated carbocycles. The second kappa shape index (κ2) is 9.35. The standard InChI is InChI=1S/C29H40N4O/c1-21(2)25-6-4-5-7-26(25)27-20-31(3)16-17-33(27)24-18-29(19-24)12-14-32(15-13-29)23-10-8-22(9-11-23)28(30)34/h4-11,21,24,27H,12-20H2,1-3H3,(H2,30,34). The van der Waals surface area contributed by atoms with Crippen LogP contribution in [-0.4, -0.2) is 61.5 Å². The lowest BCUT2D eigenvalue weighted by Gasteiger charge is -2.58. The van der Waals surface area contributed by atoms with Crippen LogP contribution in [0, 0.1) is 5.41 Å². The number of likely N-dealkylation sites (N-methyl/N-ethyl adjacent to an activating group) is 1. The van der Waals surface area contributed by atoms with Gasteiger partial charge in [0.2, 0.25) is 5.91 Å².